The smallest absolute Gasteiger partial charge is 0.270 e. The van der Waals surface area contributed by atoms with Crippen LogP contribution in [-0.2, 0) is 6.54 Å². The van der Waals surface area contributed by atoms with Crippen LogP contribution in [0.2, 0.25) is 0 Å². The number of hydrogen-bond donors (Lipinski definition) is 2. The number of hydrogen-bond acceptors (Lipinski definition) is 4. The van der Waals surface area contributed by atoms with Crippen LogP contribution in [0.15, 0.2) is 54.7 Å². The summed E-state index contributed by atoms with van der Waals surface area (Å²) < 4.78 is 5.06. The van der Waals surface area contributed by atoms with Crippen molar-refractivity contribution >= 4 is 16.7 Å². The maximum Gasteiger partial charge on any atom is 0.270 e. The van der Waals surface area contributed by atoms with Gasteiger partial charge in [-0.05, 0) is 29.1 Å². The molecule has 2 N–H and O–H groups in total. The van der Waals surface area contributed by atoms with Crippen LogP contribution in [0.1, 0.15) is 16.1 Å². The van der Waals surface area contributed by atoms with Crippen LogP contribution < -0.4 is 10.1 Å². The molecule has 3 rings (SSSR count). The van der Waals surface area contributed by atoms with Crippen LogP contribution >= 0.6 is 0 Å². The predicted octanol–water partition coefficient (Wildman–Crippen LogP) is 2.88. The third kappa shape index (κ3) is 3.08. The molecule has 1 heterocycles. The summed E-state index contributed by atoms with van der Waals surface area (Å²) in [5.74, 6) is 0.201. The number of amides is 1. The van der Waals surface area contributed by atoms with Gasteiger partial charge in [-0.1, -0.05) is 30.3 Å². The second-order valence-corrected chi connectivity index (χ2v) is 5.07. The Morgan fingerprint density at radius 1 is 1.22 bits per heavy atom. The summed E-state index contributed by atoms with van der Waals surface area (Å²) in [6.45, 7) is 0.320. The lowest BCUT2D eigenvalue weighted by Crippen LogP contribution is -2.24. The van der Waals surface area contributed by atoms with Crippen LogP contribution in [0.25, 0.3) is 10.8 Å². The summed E-state index contributed by atoms with van der Waals surface area (Å²) in [5, 5.41) is 14.2. The molecule has 5 heteroatoms. The summed E-state index contributed by atoms with van der Waals surface area (Å²) in [5.41, 5.74) is 1.22. The van der Waals surface area contributed by atoms with E-state index in [1.54, 1.807) is 18.3 Å². The van der Waals surface area contributed by atoms with E-state index >= 15 is 0 Å². The van der Waals surface area contributed by atoms with E-state index in [9.17, 15) is 9.90 Å². The number of nitrogens with one attached hydrogen (secondary N) is 1. The molecular formula is C18H16N2O3. The van der Waals surface area contributed by atoms with Crippen LogP contribution in [0.5, 0.6) is 11.5 Å². The van der Waals surface area contributed by atoms with Crippen LogP contribution in [0.4, 0.5) is 0 Å². The summed E-state index contributed by atoms with van der Waals surface area (Å²) in [6, 6.07) is 14.5. The highest BCUT2D eigenvalue weighted by molar-refractivity contribution is 6.05. The molecule has 0 saturated carbocycles. The van der Waals surface area contributed by atoms with Crippen molar-refractivity contribution in [1.82, 2.24) is 10.3 Å². The molecule has 116 valence electrons. The molecule has 0 aliphatic rings. The van der Waals surface area contributed by atoms with Crippen molar-refractivity contribution < 1.29 is 14.6 Å². The van der Waals surface area contributed by atoms with Crippen molar-refractivity contribution in [2.45, 2.75) is 6.54 Å². The van der Waals surface area contributed by atoms with Crippen LogP contribution in [-0.4, -0.2) is 23.1 Å². The Labute approximate surface area is 133 Å². The maximum atomic E-state index is 12.4. The first-order valence-corrected chi connectivity index (χ1v) is 7.17. The standard InChI is InChI=1S/C18H16N2O3/c1-23-16-10-12(6-7-15(16)21)11-20-18(22)17-14-5-3-2-4-13(14)8-9-19-17/h2-10,21H,11H2,1H3,(H,20,22). The molecule has 0 unspecified atom stereocenters. The number of pyridine rings is 1. The zero-order valence-electron chi connectivity index (χ0n) is 12.6. The van der Waals surface area contributed by atoms with Crippen molar-refractivity contribution in [2.24, 2.45) is 0 Å². The van der Waals surface area contributed by atoms with Crippen LogP contribution in [0, 0.1) is 0 Å². The lowest BCUT2D eigenvalue weighted by Gasteiger charge is -2.09. The number of ether oxygens (including phenoxy) is 1. The van der Waals surface area contributed by atoms with E-state index in [1.165, 1.54) is 13.2 Å². The summed E-state index contributed by atoms with van der Waals surface area (Å²) in [7, 11) is 1.48. The molecule has 0 fully saturated rings. The number of benzene rings is 2. The minimum atomic E-state index is -0.242. The number of carbonyl (C=O) groups excluding carboxylic acids is 1. The zero-order valence-corrected chi connectivity index (χ0v) is 12.6. The number of fused-ring (bicyclic) bond motifs is 1. The quantitative estimate of drug-likeness (QED) is 0.777. The van der Waals surface area contributed by atoms with Gasteiger partial charge in [-0.2, -0.15) is 0 Å². The molecule has 0 aliphatic heterocycles. The minimum absolute atomic E-state index is 0.0679. The number of carbonyl (C=O) groups is 1. The number of phenols is 1. The average Bonchev–Trinajstić information content (AvgIpc) is 2.60. The van der Waals surface area contributed by atoms with Gasteiger partial charge < -0.3 is 15.2 Å². The Bertz CT molecular complexity index is 857. The van der Waals surface area contributed by atoms with Crippen molar-refractivity contribution in [2.75, 3.05) is 7.11 Å². The molecule has 0 saturated heterocycles. The third-order valence-corrected chi connectivity index (χ3v) is 3.59. The Morgan fingerprint density at radius 2 is 2.04 bits per heavy atom. The number of aromatic hydroxyl groups is 1. The highest BCUT2D eigenvalue weighted by atomic mass is 16.5. The number of phenolic OH excluding ortho intramolecular Hbond substituents is 1. The average molecular weight is 308 g/mol. The Hall–Kier alpha value is -3.08. The van der Waals surface area contributed by atoms with Gasteiger partial charge in [0, 0.05) is 18.1 Å². The normalized spacial score (nSPS) is 10.5. The number of rotatable bonds is 4. The van der Waals surface area contributed by atoms with E-state index in [1.807, 2.05) is 30.3 Å². The zero-order chi connectivity index (χ0) is 16.2. The highest BCUT2D eigenvalue weighted by Gasteiger charge is 2.11. The van der Waals surface area contributed by atoms with Gasteiger partial charge in [0.25, 0.3) is 5.91 Å². The van der Waals surface area contributed by atoms with Gasteiger partial charge >= 0.3 is 0 Å². The first kappa shape index (κ1) is 14.8. The van der Waals surface area contributed by atoms with E-state index < -0.39 is 0 Å². The van der Waals surface area contributed by atoms with Gasteiger partial charge in [0.2, 0.25) is 0 Å². The molecule has 1 aromatic heterocycles. The predicted molar refractivity (Wildman–Crippen MR) is 87.6 cm³/mol. The van der Waals surface area contributed by atoms with E-state index in [4.69, 9.17) is 4.74 Å². The summed E-state index contributed by atoms with van der Waals surface area (Å²) >= 11 is 0. The lowest BCUT2D eigenvalue weighted by molar-refractivity contribution is 0.0947. The first-order chi connectivity index (χ1) is 11.2. The first-order valence-electron chi connectivity index (χ1n) is 7.17. The number of nitrogens with zero attached hydrogens (tertiary/aromatic N) is 1. The van der Waals surface area contributed by atoms with Gasteiger partial charge in [-0.15, -0.1) is 0 Å². The fourth-order valence-electron chi connectivity index (χ4n) is 2.40. The van der Waals surface area contributed by atoms with Gasteiger partial charge in [0.05, 0.1) is 7.11 Å². The summed E-state index contributed by atoms with van der Waals surface area (Å²) in [4.78, 5) is 16.6. The Balaban J connectivity index is 1.79. The molecule has 3 aromatic rings. The fraction of sp³-hybridized carbons (Fsp3) is 0.111. The molecule has 5 nitrogen and oxygen atoms in total. The van der Waals surface area contributed by atoms with E-state index in [0.29, 0.717) is 18.0 Å². The minimum Gasteiger partial charge on any atom is -0.504 e. The van der Waals surface area contributed by atoms with E-state index in [0.717, 1.165) is 16.3 Å². The van der Waals surface area contributed by atoms with E-state index in [-0.39, 0.29) is 11.7 Å². The highest BCUT2D eigenvalue weighted by Crippen LogP contribution is 2.26. The molecule has 0 spiro atoms. The topological polar surface area (TPSA) is 71.5 Å². The van der Waals surface area contributed by atoms with Crippen molar-refractivity contribution in [3.8, 4) is 11.5 Å². The Kier molecular flexibility index (Phi) is 4.10. The molecule has 23 heavy (non-hydrogen) atoms. The van der Waals surface area contributed by atoms with Crippen molar-refractivity contribution in [3.05, 3.63) is 66.0 Å². The van der Waals surface area contributed by atoms with Gasteiger partial charge in [0.15, 0.2) is 11.5 Å². The lowest BCUT2D eigenvalue weighted by atomic mass is 10.1. The number of methoxy groups -OCH3 is 1. The molecule has 0 atom stereocenters. The molecule has 2 aromatic carbocycles. The van der Waals surface area contributed by atoms with Crippen molar-refractivity contribution in [3.63, 3.8) is 0 Å². The largest absolute Gasteiger partial charge is 0.504 e. The second kappa shape index (κ2) is 6.36. The maximum absolute atomic E-state index is 12.4. The molecule has 1 amide bonds. The van der Waals surface area contributed by atoms with Gasteiger partial charge in [-0.3, -0.25) is 9.78 Å². The summed E-state index contributed by atoms with van der Waals surface area (Å²) in [6.07, 6.45) is 1.63. The number of aromatic nitrogens is 1. The third-order valence-electron chi connectivity index (χ3n) is 3.59. The molecule has 0 aliphatic carbocycles. The fourth-order valence-corrected chi connectivity index (χ4v) is 2.40. The molecule has 0 bridgehead atoms. The van der Waals surface area contributed by atoms with E-state index in [2.05, 4.69) is 10.3 Å². The SMILES string of the molecule is COc1cc(CNC(=O)c2nccc3ccccc23)ccc1O. The van der Waals surface area contributed by atoms with Gasteiger partial charge in [-0.25, -0.2) is 0 Å². The second-order valence-electron chi connectivity index (χ2n) is 5.07. The molecular weight excluding hydrogens is 292 g/mol. The van der Waals surface area contributed by atoms with Gasteiger partial charge in [0.1, 0.15) is 5.69 Å². The monoisotopic (exact) mass is 308 g/mol. The molecule has 0 radical (unpaired) electrons. The Morgan fingerprint density at radius 3 is 2.87 bits per heavy atom. The van der Waals surface area contributed by atoms with Crippen LogP contribution in [0.3, 0.4) is 0 Å². The van der Waals surface area contributed by atoms with Crippen molar-refractivity contribution in [1.29, 1.82) is 0 Å².